The first-order valence-electron chi connectivity index (χ1n) is 3.05. The number of hydrogen-bond acceptors (Lipinski definition) is 2. The Morgan fingerprint density at radius 2 is 2.50 bits per heavy atom. The fourth-order valence-corrected chi connectivity index (χ4v) is 0.687. The Balaban J connectivity index is 2.84. The molecular formula is C8H9NO. The molecule has 0 radical (unpaired) electrons. The van der Waals surface area contributed by atoms with E-state index in [0.29, 0.717) is 0 Å². The molecule has 1 aromatic heterocycles. The summed E-state index contributed by atoms with van der Waals surface area (Å²) in [5, 5.41) is 9.17. The monoisotopic (exact) mass is 135 g/mol. The van der Waals surface area contributed by atoms with E-state index in [1.165, 1.54) is 6.08 Å². The number of nitrogens with zero attached hydrogens (tertiary/aromatic N) is 1. The molecular weight excluding hydrogens is 126 g/mol. The van der Waals surface area contributed by atoms with Crippen LogP contribution in [-0.4, -0.2) is 10.1 Å². The van der Waals surface area contributed by atoms with E-state index in [-0.39, 0.29) is 0 Å². The van der Waals surface area contributed by atoms with Crippen molar-refractivity contribution in [3.05, 3.63) is 42.7 Å². The molecule has 10 heavy (non-hydrogen) atoms. The van der Waals surface area contributed by atoms with Crippen LogP contribution in [0, 0.1) is 0 Å². The van der Waals surface area contributed by atoms with Crippen LogP contribution in [0.2, 0.25) is 0 Å². The van der Waals surface area contributed by atoms with Crippen LogP contribution < -0.4 is 0 Å². The van der Waals surface area contributed by atoms with Gasteiger partial charge in [0.15, 0.2) is 0 Å². The first kappa shape index (κ1) is 6.96. The number of rotatable bonds is 2. The van der Waals surface area contributed by atoms with E-state index in [9.17, 15) is 5.11 Å². The molecule has 0 aliphatic heterocycles. The maximum Gasteiger partial charge on any atom is 0.0984 e. The van der Waals surface area contributed by atoms with Gasteiger partial charge in [-0.25, -0.2) is 0 Å². The number of pyridine rings is 1. The van der Waals surface area contributed by atoms with E-state index in [4.69, 9.17) is 0 Å². The van der Waals surface area contributed by atoms with Gasteiger partial charge in [-0.3, -0.25) is 4.98 Å². The third-order valence-electron chi connectivity index (χ3n) is 1.25. The highest BCUT2D eigenvalue weighted by Crippen LogP contribution is 2.09. The van der Waals surface area contributed by atoms with Crippen molar-refractivity contribution in [1.82, 2.24) is 4.98 Å². The lowest BCUT2D eigenvalue weighted by Gasteiger charge is -2.01. The van der Waals surface area contributed by atoms with Crippen molar-refractivity contribution in [2.24, 2.45) is 0 Å². The summed E-state index contributed by atoms with van der Waals surface area (Å²) in [6, 6.07) is 3.58. The fourth-order valence-electron chi connectivity index (χ4n) is 0.687. The topological polar surface area (TPSA) is 33.1 Å². The van der Waals surface area contributed by atoms with E-state index >= 15 is 0 Å². The van der Waals surface area contributed by atoms with Gasteiger partial charge in [0, 0.05) is 18.0 Å². The molecule has 0 amide bonds. The average molecular weight is 135 g/mol. The molecule has 52 valence electrons. The van der Waals surface area contributed by atoms with Crippen molar-refractivity contribution in [2.45, 2.75) is 6.10 Å². The van der Waals surface area contributed by atoms with Gasteiger partial charge in [-0.15, -0.1) is 6.58 Å². The molecule has 0 spiro atoms. The Hall–Kier alpha value is -1.15. The SMILES string of the molecule is C=C[C@@H](O)c1cccnc1. The smallest absolute Gasteiger partial charge is 0.0984 e. The molecule has 0 aromatic carbocycles. The minimum absolute atomic E-state index is 0.589. The van der Waals surface area contributed by atoms with Crippen molar-refractivity contribution >= 4 is 0 Å². The minimum Gasteiger partial charge on any atom is -0.384 e. The van der Waals surface area contributed by atoms with E-state index in [1.807, 2.05) is 0 Å². The normalized spacial score (nSPS) is 12.5. The van der Waals surface area contributed by atoms with Gasteiger partial charge in [-0.05, 0) is 6.07 Å². The zero-order valence-electron chi connectivity index (χ0n) is 5.57. The molecule has 2 nitrogen and oxygen atoms in total. The Kier molecular flexibility index (Phi) is 2.18. The van der Waals surface area contributed by atoms with Gasteiger partial charge in [0.05, 0.1) is 6.10 Å². The molecule has 2 heteroatoms. The first-order valence-corrected chi connectivity index (χ1v) is 3.05. The van der Waals surface area contributed by atoms with Crippen LogP contribution in [0.15, 0.2) is 37.2 Å². The molecule has 1 atom stereocenters. The molecule has 0 fully saturated rings. The Labute approximate surface area is 59.9 Å². The van der Waals surface area contributed by atoms with Crippen LogP contribution in [0.3, 0.4) is 0 Å². The predicted molar refractivity (Wildman–Crippen MR) is 39.4 cm³/mol. The van der Waals surface area contributed by atoms with Crippen LogP contribution in [0.5, 0.6) is 0 Å². The third-order valence-corrected chi connectivity index (χ3v) is 1.25. The summed E-state index contributed by atoms with van der Waals surface area (Å²) in [4.78, 5) is 3.85. The zero-order valence-corrected chi connectivity index (χ0v) is 5.57. The van der Waals surface area contributed by atoms with Crippen molar-refractivity contribution in [2.75, 3.05) is 0 Å². The van der Waals surface area contributed by atoms with E-state index in [0.717, 1.165) is 5.56 Å². The van der Waals surface area contributed by atoms with E-state index < -0.39 is 6.10 Å². The van der Waals surface area contributed by atoms with Crippen LogP contribution in [-0.2, 0) is 0 Å². The number of hydrogen-bond donors (Lipinski definition) is 1. The maximum atomic E-state index is 9.17. The summed E-state index contributed by atoms with van der Waals surface area (Å²) in [5.41, 5.74) is 0.775. The second-order valence-corrected chi connectivity index (χ2v) is 1.97. The van der Waals surface area contributed by atoms with Crippen LogP contribution in [0.1, 0.15) is 11.7 Å². The highest BCUT2D eigenvalue weighted by molar-refractivity contribution is 5.15. The number of aliphatic hydroxyl groups excluding tert-OH is 1. The molecule has 0 aliphatic carbocycles. The second-order valence-electron chi connectivity index (χ2n) is 1.97. The first-order chi connectivity index (χ1) is 4.84. The van der Waals surface area contributed by atoms with Crippen molar-refractivity contribution in [3.63, 3.8) is 0 Å². The van der Waals surface area contributed by atoms with Gasteiger partial charge in [0.25, 0.3) is 0 Å². The van der Waals surface area contributed by atoms with Gasteiger partial charge in [0.1, 0.15) is 0 Å². The van der Waals surface area contributed by atoms with Crippen molar-refractivity contribution < 1.29 is 5.11 Å². The quantitative estimate of drug-likeness (QED) is 0.620. The minimum atomic E-state index is -0.589. The zero-order chi connectivity index (χ0) is 7.40. The second kappa shape index (κ2) is 3.13. The number of aliphatic hydroxyl groups is 1. The predicted octanol–water partition coefficient (Wildman–Crippen LogP) is 1.30. The molecule has 1 rings (SSSR count). The maximum absolute atomic E-state index is 9.17. The molecule has 1 heterocycles. The van der Waals surface area contributed by atoms with Gasteiger partial charge in [-0.1, -0.05) is 12.1 Å². The van der Waals surface area contributed by atoms with Gasteiger partial charge in [-0.2, -0.15) is 0 Å². The van der Waals surface area contributed by atoms with Crippen LogP contribution >= 0.6 is 0 Å². The van der Waals surface area contributed by atoms with Crippen LogP contribution in [0.4, 0.5) is 0 Å². The summed E-state index contributed by atoms with van der Waals surface area (Å²) < 4.78 is 0. The highest BCUT2D eigenvalue weighted by Gasteiger charge is 1.99. The van der Waals surface area contributed by atoms with E-state index in [1.54, 1.807) is 24.5 Å². The standard InChI is InChI=1S/C8H9NO/c1-2-8(10)7-4-3-5-9-6-7/h2-6,8,10H,1H2/t8-/m1/s1. The van der Waals surface area contributed by atoms with Gasteiger partial charge >= 0.3 is 0 Å². The van der Waals surface area contributed by atoms with Crippen LogP contribution in [0.25, 0.3) is 0 Å². The van der Waals surface area contributed by atoms with Crippen molar-refractivity contribution in [1.29, 1.82) is 0 Å². The lowest BCUT2D eigenvalue weighted by Crippen LogP contribution is -1.91. The lowest BCUT2D eigenvalue weighted by molar-refractivity contribution is 0.228. The Morgan fingerprint density at radius 3 is 3.00 bits per heavy atom. The molecule has 0 saturated carbocycles. The summed E-state index contributed by atoms with van der Waals surface area (Å²) in [6.07, 6.45) is 4.16. The largest absolute Gasteiger partial charge is 0.384 e. The molecule has 0 saturated heterocycles. The third kappa shape index (κ3) is 1.42. The van der Waals surface area contributed by atoms with Crippen molar-refractivity contribution in [3.8, 4) is 0 Å². The Morgan fingerprint density at radius 1 is 1.70 bits per heavy atom. The summed E-state index contributed by atoms with van der Waals surface area (Å²) in [6.45, 7) is 3.46. The molecule has 0 aliphatic rings. The molecule has 1 aromatic rings. The molecule has 0 unspecified atom stereocenters. The molecule has 0 bridgehead atoms. The fraction of sp³-hybridized carbons (Fsp3) is 0.125. The average Bonchev–Trinajstić information content (AvgIpc) is 2.05. The summed E-state index contributed by atoms with van der Waals surface area (Å²) >= 11 is 0. The summed E-state index contributed by atoms with van der Waals surface area (Å²) in [5.74, 6) is 0. The number of aromatic nitrogens is 1. The summed E-state index contributed by atoms with van der Waals surface area (Å²) in [7, 11) is 0. The van der Waals surface area contributed by atoms with Gasteiger partial charge in [0.2, 0.25) is 0 Å². The van der Waals surface area contributed by atoms with Gasteiger partial charge < -0.3 is 5.11 Å². The Bertz CT molecular complexity index is 208. The highest BCUT2D eigenvalue weighted by atomic mass is 16.3. The molecule has 1 N–H and O–H groups in total. The lowest BCUT2D eigenvalue weighted by atomic mass is 10.2. The van der Waals surface area contributed by atoms with E-state index in [2.05, 4.69) is 11.6 Å².